The van der Waals surface area contributed by atoms with Crippen LogP contribution >= 0.6 is 12.6 Å². The zero-order valence-corrected chi connectivity index (χ0v) is 7.23. The van der Waals surface area contributed by atoms with Crippen molar-refractivity contribution in [3.8, 4) is 0 Å². The third-order valence-corrected chi connectivity index (χ3v) is 1.57. The number of nitrogens with one attached hydrogen (secondary N) is 2. The largest absolute Gasteiger partial charge is 0.348 e. The first-order valence-corrected chi connectivity index (χ1v) is 3.89. The lowest BCUT2D eigenvalue weighted by Crippen LogP contribution is -2.44. The highest BCUT2D eigenvalue weighted by molar-refractivity contribution is 7.80. The van der Waals surface area contributed by atoms with Crippen LogP contribution in [0.2, 0.25) is 0 Å². The first-order valence-electron chi connectivity index (χ1n) is 3.25. The standard InChI is InChI=1S/C6H12N2O2S/c1-7-5(4-11)6(10)8-2-3-9/h3,5,7,11H,2,4H2,1H3,(H,8,10)/t5-/m0/s1. The average molecular weight is 176 g/mol. The normalized spacial score (nSPS) is 12.2. The van der Waals surface area contributed by atoms with E-state index in [9.17, 15) is 9.59 Å². The van der Waals surface area contributed by atoms with Crippen molar-refractivity contribution in [1.29, 1.82) is 0 Å². The number of amides is 1. The van der Waals surface area contributed by atoms with Crippen molar-refractivity contribution in [3.63, 3.8) is 0 Å². The summed E-state index contributed by atoms with van der Waals surface area (Å²) in [7, 11) is 1.67. The van der Waals surface area contributed by atoms with Gasteiger partial charge in [0.05, 0.1) is 12.6 Å². The zero-order valence-electron chi connectivity index (χ0n) is 6.33. The molecule has 64 valence electrons. The van der Waals surface area contributed by atoms with Crippen molar-refractivity contribution >= 4 is 24.8 Å². The second-order valence-electron chi connectivity index (χ2n) is 1.94. The monoisotopic (exact) mass is 176 g/mol. The molecule has 0 bridgehead atoms. The molecular formula is C6H12N2O2S. The van der Waals surface area contributed by atoms with Gasteiger partial charge in [-0.3, -0.25) is 4.79 Å². The number of aldehydes is 1. The molecule has 0 aliphatic heterocycles. The Kier molecular flexibility index (Phi) is 5.87. The minimum Gasteiger partial charge on any atom is -0.348 e. The van der Waals surface area contributed by atoms with E-state index in [0.717, 1.165) is 0 Å². The summed E-state index contributed by atoms with van der Waals surface area (Å²) in [5, 5.41) is 5.17. The first kappa shape index (κ1) is 10.4. The summed E-state index contributed by atoms with van der Waals surface area (Å²) < 4.78 is 0. The van der Waals surface area contributed by atoms with Crippen LogP contribution < -0.4 is 10.6 Å². The summed E-state index contributed by atoms with van der Waals surface area (Å²) in [4.78, 5) is 20.8. The molecule has 0 rings (SSSR count). The van der Waals surface area contributed by atoms with E-state index in [1.165, 1.54) is 0 Å². The third kappa shape index (κ3) is 4.00. The second kappa shape index (κ2) is 6.18. The molecule has 4 nitrogen and oxygen atoms in total. The van der Waals surface area contributed by atoms with Gasteiger partial charge in [-0.2, -0.15) is 12.6 Å². The van der Waals surface area contributed by atoms with Crippen LogP contribution in [0.15, 0.2) is 0 Å². The maximum absolute atomic E-state index is 11.0. The van der Waals surface area contributed by atoms with E-state index < -0.39 is 0 Å². The van der Waals surface area contributed by atoms with Crippen molar-refractivity contribution in [1.82, 2.24) is 10.6 Å². The number of hydrogen-bond donors (Lipinski definition) is 3. The van der Waals surface area contributed by atoms with Gasteiger partial charge in [0.1, 0.15) is 6.29 Å². The molecule has 0 aliphatic rings. The summed E-state index contributed by atoms with van der Waals surface area (Å²) in [6, 6.07) is -0.321. The van der Waals surface area contributed by atoms with Gasteiger partial charge in [-0.05, 0) is 7.05 Å². The molecule has 0 saturated heterocycles. The van der Waals surface area contributed by atoms with Crippen LogP contribution in [0.5, 0.6) is 0 Å². The third-order valence-electron chi connectivity index (χ3n) is 1.21. The van der Waals surface area contributed by atoms with Gasteiger partial charge in [0, 0.05) is 5.75 Å². The first-order chi connectivity index (χ1) is 5.26. The number of likely N-dealkylation sites (N-methyl/N-ethyl adjacent to an activating group) is 1. The molecule has 0 unspecified atom stereocenters. The number of thiol groups is 1. The smallest absolute Gasteiger partial charge is 0.238 e. The van der Waals surface area contributed by atoms with Gasteiger partial charge in [-0.25, -0.2) is 0 Å². The second-order valence-corrected chi connectivity index (χ2v) is 2.30. The van der Waals surface area contributed by atoms with Crippen LogP contribution in [0, 0.1) is 0 Å². The molecule has 0 aromatic carbocycles. The molecule has 2 N–H and O–H groups in total. The van der Waals surface area contributed by atoms with Crippen molar-refractivity contribution in [2.45, 2.75) is 6.04 Å². The Labute approximate surface area is 71.1 Å². The number of carbonyl (C=O) groups excluding carboxylic acids is 2. The number of hydrogen-bond acceptors (Lipinski definition) is 4. The fraction of sp³-hybridized carbons (Fsp3) is 0.667. The summed E-state index contributed by atoms with van der Waals surface area (Å²) in [6.45, 7) is 0.0603. The fourth-order valence-corrected chi connectivity index (χ4v) is 0.919. The molecule has 5 heteroatoms. The van der Waals surface area contributed by atoms with Crippen LogP contribution in [0.4, 0.5) is 0 Å². The molecule has 0 aromatic rings. The van der Waals surface area contributed by atoms with E-state index in [0.29, 0.717) is 12.0 Å². The lowest BCUT2D eigenvalue weighted by atomic mass is 10.3. The zero-order chi connectivity index (χ0) is 8.69. The van der Waals surface area contributed by atoms with Gasteiger partial charge < -0.3 is 15.4 Å². The summed E-state index contributed by atoms with van der Waals surface area (Å²) in [5.41, 5.74) is 0. The maximum Gasteiger partial charge on any atom is 0.238 e. The van der Waals surface area contributed by atoms with Gasteiger partial charge in [-0.15, -0.1) is 0 Å². The van der Waals surface area contributed by atoms with E-state index in [2.05, 4.69) is 23.3 Å². The fourth-order valence-electron chi connectivity index (χ4n) is 0.571. The molecule has 1 amide bonds. The van der Waals surface area contributed by atoms with Crippen LogP contribution in [0.3, 0.4) is 0 Å². The molecule has 11 heavy (non-hydrogen) atoms. The van der Waals surface area contributed by atoms with Gasteiger partial charge in [-0.1, -0.05) is 0 Å². The highest BCUT2D eigenvalue weighted by Gasteiger charge is 2.12. The molecule has 1 atom stereocenters. The minimum atomic E-state index is -0.321. The quantitative estimate of drug-likeness (QED) is 0.365. The molecule has 0 radical (unpaired) electrons. The van der Waals surface area contributed by atoms with E-state index in [1.807, 2.05) is 0 Å². The minimum absolute atomic E-state index is 0.0603. The SMILES string of the molecule is CN[C@@H](CS)C(=O)NCC=O. The Bertz CT molecular complexity index is 137. The molecular weight excluding hydrogens is 164 g/mol. The van der Waals surface area contributed by atoms with Crippen molar-refractivity contribution < 1.29 is 9.59 Å². The van der Waals surface area contributed by atoms with E-state index >= 15 is 0 Å². The highest BCUT2D eigenvalue weighted by atomic mass is 32.1. The molecule has 0 saturated carbocycles. The molecule has 0 fully saturated rings. The molecule has 0 aliphatic carbocycles. The van der Waals surface area contributed by atoms with Crippen molar-refractivity contribution in [2.24, 2.45) is 0 Å². The summed E-state index contributed by atoms with van der Waals surface area (Å²) in [6.07, 6.45) is 0.642. The number of rotatable bonds is 5. The van der Waals surface area contributed by atoms with Crippen LogP contribution in [0.25, 0.3) is 0 Å². The summed E-state index contributed by atoms with van der Waals surface area (Å²) in [5.74, 6) is 0.218. The lowest BCUT2D eigenvalue weighted by molar-refractivity contribution is -0.123. The van der Waals surface area contributed by atoms with Gasteiger partial charge in [0.2, 0.25) is 5.91 Å². The highest BCUT2D eigenvalue weighted by Crippen LogP contribution is 1.85. The Morgan fingerprint density at radius 3 is 2.73 bits per heavy atom. The Morgan fingerprint density at radius 1 is 1.73 bits per heavy atom. The molecule has 0 heterocycles. The Morgan fingerprint density at radius 2 is 2.36 bits per heavy atom. The predicted octanol–water partition coefficient (Wildman–Crippen LogP) is -1.18. The van der Waals surface area contributed by atoms with Crippen LogP contribution in [-0.4, -0.2) is 37.6 Å². The molecule has 0 spiro atoms. The topological polar surface area (TPSA) is 58.2 Å². The van der Waals surface area contributed by atoms with Crippen molar-refractivity contribution in [2.75, 3.05) is 19.3 Å². The summed E-state index contributed by atoms with van der Waals surface area (Å²) >= 11 is 3.95. The van der Waals surface area contributed by atoms with Gasteiger partial charge >= 0.3 is 0 Å². The van der Waals surface area contributed by atoms with Gasteiger partial charge in [0.25, 0.3) is 0 Å². The Hall–Kier alpha value is -0.550. The van der Waals surface area contributed by atoms with E-state index in [-0.39, 0.29) is 18.5 Å². The van der Waals surface area contributed by atoms with Crippen LogP contribution in [0.1, 0.15) is 0 Å². The molecule has 0 aromatic heterocycles. The van der Waals surface area contributed by atoms with Gasteiger partial charge in [0.15, 0.2) is 0 Å². The number of carbonyl (C=O) groups is 2. The van der Waals surface area contributed by atoms with E-state index in [4.69, 9.17) is 0 Å². The lowest BCUT2D eigenvalue weighted by Gasteiger charge is -2.11. The maximum atomic E-state index is 11.0. The average Bonchev–Trinajstić information content (AvgIpc) is 2.03. The Balaban J connectivity index is 3.69. The van der Waals surface area contributed by atoms with Crippen LogP contribution in [-0.2, 0) is 9.59 Å². The van der Waals surface area contributed by atoms with E-state index in [1.54, 1.807) is 7.05 Å². The van der Waals surface area contributed by atoms with Crippen molar-refractivity contribution in [3.05, 3.63) is 0 Å². The predicted molar refractivity (Wildman–Crippen MR) is 45.8 cm³/mol.